The minimum Gasteiger partial charge on any atom is -0.491 e. The fraction of sp³-hybridized carbons (Fsp3) is 0.273. The molecule has 212 valence electrons. The third-order valence-corrected chi connectivity index (χ3v) is 9.09. The number of hydrogen-bond donors (Lipinski definition) is 2. The largest absolute Gasteiger partial charge is 0.491 e. The average molecular weight is 571 g/mol. The molecule has 0 spiro atoms. The maximum atomic E-state index is 13.4. The number of rotatable bonds is 3. The second-order valence-electron chi connectivity index (χ2n) is 10.5. The molecule has 0 unspecified atom stereocenters. The summed E-state index contributed by atoms with van der Waals surface area (Å²) in [5, 5.41) is 7.97. The summed E-state index contributed by atoms with van der Waals surface area (Å²) in [6.45, 7) is 2.06. The Hall–Kier alpha value is -4.17. The zero-order valence-electron chi connectivity index (χ0n) is 23.0. The first kappa shape index (κ1) is 28.4. The summed E-state index contributed by atoms with van der Waals surface area (Å²) in [5.41, 5.74) is 2.23. The summed E-state index contributed by atoms with van der Waals surface area (Å²) in [7, 11) is -3.59. The number of sulfone groups is 1. The fourth-order valence-electron chi connectivity index (χ4n) is 5.13. The molecule has 0 radical (unpaired) electrons. The van der Waals surface area contributed by atoms with Crippen molar-refractivity contribution in [2.45, 2.75) is 49.6 Å². The SMILES string of the molecule is C[C@@H]1COc2cccc(c2)-c2ccccc2S(=O)(=O)CCCC[C@H](NC(=O)Cc2ccc3ccccc3c2)C(=O)N1. The zero-order chi connectivity index (χ0) is 28.8. The van der Waals surface area contributed by atoms with Crippen LogP contribution in [0.1, 0.15) is 31.7 Å². The minimum absolute atomic E-state index is 0.0595. The Morgan fingerprint density at radius 1 is 0.927 bits per heavy atom. The van der Waals surface area contributed by atoms with Crippen LogP contribution in [0.5, 0.6) is 5.75 Å². The average Bonchev–Trinajstić information content (AvgIpc) is 2.97. The maximum absolute atomic E-state index is 13.4. The predicted octanol–water partition coefficient (Wildman–Crippen LogP) is 5.08. The van der Waals surface area contributed by atoms with Crippen molar-refractivity contribution in [3.63, 3.8) is 0 Å². The Morgan fingerprint density at radius 2 is 1.71 bits per heavy atom. The molecule has 1 aliphatic rings. The highest BCUT2D eigenvalue weighted by molar-refractivity contribution is 7.91. The number of carbonyl (C=O) groups is 2. The molecule has 41 heavy (non-hydrogen) atoms. The molecule has 2 bridgehead atoms. The van der Waals surface area contributed by atoms with Crippen LogP contribution in [-0.4, -0.2) is 44.7 Å². The molecule has 5 rings (SSSR count). The van der Waals surface area contributed by atoms with Gasteiger partial charge in [-0.15, -0.1) is 0 Å². The van der Waals surface area contributed by atoms with Crippen LogP contribution in [0.25, 0.3) is 21.9 Å². The van der Waals surface area contributed by atoms with E-state index >= 15 is 0 Å². The molecule has 7 nitrogen and oxygen atoms in total. The van der Waals surface area contributed by atoms with Crippen molar-refractivity contribution in [3.05, 3.63) is 96.6 Å². The first-order valence-electron chi connectivity index (χ1n) is 13.9. The summed E-state index contributed by atoms with van der Waals surface area (Å²) in [4.78, 5) is 26.6. The van der Waals surface area contributed by atoms with Crippen LogP contribution >= 0.6 is 0 Å². The second kappa shape index (κ2) is 12.6. The van der Waals surface area contributed by atoms with Gasteiger partial charge >= 0.3 is 0 Å². The van der Waals surface area contributed by atoms with Gasteiger partial charge in [0.1, 0.15) is 18.4 Å². The molecule has 0 aromatic heterocycles. The summed E-state index contributed by atoms with van der Waals surface area (Å²) in [6, 6.07) is 27.0. The van der Waals surface area contributed by atoms with E-state index in [-0.39, 0.29) is 41.5 Å². The fourth-order valence-corrected chi connectivity index (χ4v) is 6.75. The Labute approximate surface area is 240 Å². The van der Waals surface area contributed by atoms with Crippen molar-refractivity contribution in [2.75, 3.05) is 12.4 Å². The molecule has 0 aliphatic carbocycles. The van der Waals surface area contributed by atoms with Crippen LogP contribution < -0.4 is 15.4 Å². The molecule has 2 N–H and O–H groups in total. The van der Waals surface area contributed by atoms with Crippen LogP contribution in [0.2, 0.25) is 0 Å². The van der Waals surface area contributed by atoms with Gasteiger partial charge in [0.05, 0.1) is 23.1 Å². The molecule has 0 saturated carbocycles. The van der Waals surface area contributed by atoms with Gasteiger partial charge in [-0.1, -0.05) is 72.8 Å². The highest BCUT2D eigenvalue weighted by Gasteiger charge is 2.24. The highest BCUT2D eigenvalue weighted by Crippen LogP contribution is 2.31. The van der Waals surface area contributed by atoms with Crippen LogP contribution in [0, 0.1) is 0 Å². The van der Waals surface area contributed by atoms with Crippen LogP contribution in [0.4, 0.5) is 0 Å². The molecule has 0 saturated heterocycles. The molecular weight excluding hydrogens is 536 g/mol. The molecule has 1 heterocycles. The van der Waals surface area contributed by atoms with Gasteiger partial charge in [-0.3, -0.25) is 9.59 Å². The van der Waals surface area contributed by atoms with Crippen molar-refractivity contribution in [3.8, 4) is 16.9 Å². The number of hydrogen-bond acceptors (Lipinski definition) is 5. The molecule has 2 atom stereocenters. The van der Waals surface area contributed by atoms with E-state index in [4.69, 9.17) is 4.74 Å². The lowest BCUT2D eigenvalue weighted by atomic mass is 10.0. The van der Waals surface area contributed by atoms with Crippen molar-refractivity contribution in [1.29, 1.82) is 0 Å². The van der Waals surface area contributed by atoms with Gasteiger partial charge in [0.25, 0.3) is 0 Å². The molecular formula is C33H34N2O5S. The van der Waals surface area contributed by atoms with Gasteiger partial charge in [-0.2, -0.15) is 0 Å². The van der Waals surface area contributed by atoms with E-state index in [9.17, 15) is 18.0 Å². The smallest absolute Gasteiger partial charge is 0.242 e. The molecule has 4 aromatic carbocycles. The molecule has 1 aliphatic heterocycles. The first-order valence-corrected chi connectivity index (χ1v) is 15.6. The third kappa shape index (κ3) is 7.13. The van der Waals surface area contributed by atoms with Gasteiger partial charge in [-0.25, -0.2) is 8.42 Å². The minimum atomic E-state index is -3.59. The molecule has 0 fully saturated rings. The molecule has 2 amide bonds. The lowest BCUT2D eigenvalue weighted by Crippen LogP contribution is -2.50. The number of amides is 2. The van der Waals surface area contributed by atoms with Crippen LogP contribution in [0.3, 0.4) is 0 Å². The number of carbonyl (C=O) groups excluding carboxylic acids is 2. The highest BCUT2D eigenvalue weighted by atomic mass is 32.2. The summed E-state index contributed by atoms with van der Waals surface area (Å²) < 4.78 is 32.7. The number of fused-ring (bicyclic) bond motifs is 5. The Bertz CT molecular complexity index is 1670. The van der Waals surface area contributed by atoms with Crippen molar-refractivity contribution in [2.24, 2.45) is 0 Å². The monoisotopic (exact) mass is 570 g/mol. The third-order valence-electron chi connectivity index (χ3n) is 7.24. The Morgan fingerprint density at radius 3 is 2.56 bits per heavy atom. The quantitative estimate of drug-likeness (QED) is 0.358. The maximum Gasteiger partial charge on any atom is 0.242 e. The molecule has 8 heteroatoms. The van der Waals surface area contributed by atoms with Gasteiger partial charge in [0.15, 0.2) is 9.84 Å². The Balaban J connectivity index is 1.34. The second-order valence-corrected chi connectivity index (χ2v) is 12.6. The van der Waals surface area contributed by atoms with Gasteiger partial charge in [-0.05, 0) is 66.3 Å². The first-order chi connectivity index (χ1) is 19.8. The molecule has 4 aromatic rings. The summed E-state index contributed by atoms with van der Waals surface area (Å²) in [6.07, 6.45) is 1.27. The van der Waals surface area contributed by atoms with Crippen LogP contribution in [-0.2, 0) is 25.8 Å². The van der Waals surface area contributed by atoms with Gasteiger partial charge in [0.2, 0.25) is 11.8 Å². The van der Waals surface area contributed by atoms with E-state index in [1.54, 1.807) is 24.3 Å². The summed E-state index contributed by atoms with van der Waals surface area (Å²) >= 11 is 0. The van der Waals surface area contributed by atoms with E-state index in [1.807, 2.05) is 73.7 Å². The van der Waals surface area contributed by atoms with E-state index < -0.39 is 15.9 Å². The predicted molar refractivity (Wildman–Crippen MR) is 160 cm³/mol. The standard InChI is InChI=1S/C33H34N2O5S/c1-23-22-40-28-12-8-11-27(21-28)29-13-4-5-15-31(29)41(38,39)18-7-6-14-30(33(37)34-23)35-32(36)20-24-16-17-25-9-2-3-10-26(25)19-24/h2-5,8-13,15-17,19,21,23,30H,6-7,14,18,20,22H2,1H3,(H,34,37)(H,35,36)/t23-,30+/m1/s1. The lowest BCUT2D eigenvalue weighted by molar-refractivity contribution is -0.129. The van der Waals surface area contributed by atoms with Crippen molar-refractivity contribution >= 4 is 32.4 Å². The normalized spacial score (nSPS) is 19.4. The number of nitrogens with one attached hydrogen (secondary N) is 2. The summed E-state index contributed by atoms with van der Waals surface area (Å²) in [5.74, 6) is -0.0714. The number of ether oxygens (including phenoxy) is 1. The lowest BCUT2D eigenvalue weighted by Gasteiger charge is -2.22. The topological polar surface area (TPSA) is 102 Å². The Kier molecular flexibility index (Phi) is 8.69. The van der Waals surface area contributed by atoms with Gasteiger partial charge < -0.3 is 15.4 Å². The van der Waals surface area contributed by atoms with Gasteiger partial charge in [0, 0.05) is 5.56 Å². The van der Waals surface area contributed by atoms with Crippen molar-refractivity contribution < 1.29 is 22.7 Å². The zero-order valence-corrected chi connectivity index (χ0v) is 23.8. The van der Waals surface area contributed by atoms with Crippen molar-refractivity contribution in [1.82, 2.24) is 10.6 Å². The van der Waals surface area contributed by atoms with E-state index in [1.165, 1.54) is 0 Å². The van der Waals surface area contributed by atoms with E-state index in [0.717, 1.165) is 21.9 Å². The number of benzene rings is 4. The van der Waals surface area contributed by atoms with E-state index in [0.29, 0.717) is 30.6 Å². The van der Waals surface area contributed by atoms with E-state index in [2.05, 4.69) is 10.6 Å². The van der Waals surface area contributed by atoms with Crippen LogP contribution in [0.15, 0.2) is 95.9 Å².